The summed E-state index contributed by atoms with van der Waals surface area (Å²) in [6.07, 6.45) is 7.58. The van der Waals surface area contributed by atoms with Crippen molar-refractivity contribution in [2.75, 3.05) is 19.7 Å². The lowest BCUT2D eigenvalue weighted by molar-refractivity contribution is 0.302. The first-order chi connectivity index (χ1) is 12.7. The van der Waals surface area contributed by atoms with Crippen LogP contribution in [-0.2, 0) is 0 Å². The second-order valence-electron chi connectivity index (χ2n) is 6.42. The summed E-state index contributed by atoms with van der Waals surface area (Å²) in [7, 11) is 0. The Balaban J connectivity index is 1.75. The van der Waals surface area contributed by atoms with E-state index in [0.717, 1.165) is 46.4 Å². The van der Waals surface area contributed by atoms with Crippen molar-refractivity contribution < 1.29 is 4.74 Å². The Morgan fingerprint density at radius 2 is 1.54 bits per heavy atom. The SMILES string of the molecule is CCNCCCCCCCCOc1ccc(Br)c(-c2ccccc2)c1Br. The predicted molar refractivity (Wildman–Crippen MR) is 119 cm³/mol. The van der Waals surface area contributed by atoms with Crippen molar-refractivity contribution in [2.24, 2.45) is 0 Å². The standard InChI is InChI=1S/C22H29Br2NO/c1-2-25-16-10-5-3-4-6-11-17-26-20-15-14-19(23)21(22(20)24)18-12-8-7-9-13-18/h7-9,12-15,25H,2-6,10-11,16-17H2,1H3. The molecule has 0 aliphatic heterocycles. The van der Waals surface area contributed by atoms with Crippen LogP contribution in [0.25, 0.3) is 11.1 Å². The number of rotatable bonds is 12. The molecule has 0 aliphatic carbocycles. The number of benzene rings is 2. The highest BCUT2D eigenvalue weighted by atomic mass is 79.9. The van der Waals surface area contributed by atoms with Gasteiger partial charge in [0.05, 0.1) is 11.1 Å². The molecule has 26 heavy (non-hydrogen) atoms. The molecule has 0 heterocycles. The van der Waals surface area contributed by atoms with Crippen molar-refractivity contribution in [3.63, 3.8) is 0 Å². The van der Waals surface area contributed by atoms with Crippen molar-refractivity contribution in [3.05, 3.63) is 51.4 Å². The Labute approximate surface area is 175 Å². The first-order valence-electron chi connectivity index (χ1n) is 9.61. The minimum Gasteiger partial charge on any atom is -0.492 e. The maximum absolute atomic E-state index is 6.04. The molecule has 4 heteroatoms. The first kappa shape index (κ1) is 21.5. The fourth-order valence-corrected chi connectivity index (χ4v) is 4.45. The summed E-state index contributed by atoms with van der Waals surface area (Å²) in [5.41, 5.74) is 2.32. The third-order valence-corrected chi connectivity index (χ3v) is 5.82. The molecule has 0 radical (unpaired) electrons. The molecule has 142 valence electrons. The monoisotopic (exact) mass is 481 g/mol. The molecule has 2 rings (SSSR count). The van der Waals surface area contributed by atoms with Gasteiger partial charge >= 0.3 is 0 Å². The zero-order chi connectivity index (χ0) is 18.6. The maximum Gasteiger partial charge on any atom is 0.134 e. The normalized spacial score (nSPS) is 10.9. The lowest BCUT2D eigenvalue weighted by atomic mass is 10.1. The number of hydrogen-bond donors (Lipinski definition) is 1. The minimum atomic E-state index is 0.770. The summed E-state index contributed by atoms with van der Waals surface area (Å²) in [5.74, 6) is 0.915. The van der Waals surface area contributed by atoms with Crippen LogP contribution in [-0.4, -0.2) is 19.7 Å². The second kappa shape index (κ2) is 12.5. The number of ether oxygens (including phenoxy) is 1. The quantitative estimate of drug-likeness (QED) is 0.322. The largest absolute Gasteiger partial charge is 0.492 e. The van der Waals surface area contributed by atoms with Crippen LogP contribution in [0, 0.1) is 0 Å². The molecule has 0 aromatic heterocycles. The number of hydrogen-bond acceptors (Lipinski definition) is 2. The minimum absolute atomic E-state index is 0.770. The van der Waals surface area contributed by atoms with E-state index in [1.165, 1.54) is 37.7 Å². The van der Waals surface area contributed by atoms with E-state index in [-0.39, 0.29) is 0 Å². The van der Waals surface area contributed by atoms with Crippen molar-refractivity contribution in [1.82, 2.24) is 5.32 Å². The van der Waals surface area contributed by atoms with Crippen molar-refractivity contribution in [1.29, 1.82) is 0 Å². The van der Waals surface area contributed by atoms with Gasteiger partial charge in [-0.3, -0.25) is 0 Å². The van der Waals surface area contributed by atoms with E-state index < -0.39 is 0 Å². The second-order valence-corrected chi connectivity index (χ2v) is 8.07. The van der Waals surface area contributed by atoms with Crippen molar-refractivity contribution in [3.8, 4) is 16.9 Å². The molecule has 2 nitrogen and oxygen atoms in total. The van der Waals surface area contributed by atoms with E-state index in [1.54, 1.807) is 0 Å². The zero-order valence-corrected chi connectivity index (χ0v) is 18.7. The van der Waals surface area contributed by atoms with Crippen LogP contribution in [0.5, 0.6) is 5.75 Å². The van der Waals surface area contributed by atoms with Gasteiger partial charge in [-0.15, -0.1) is 0 Å². The molecule has 0 bridgehead atoms. The molecule has 0 saturated heterocycles. The molecule has 2 aromatic carbocycles. The summed E-state index contributed by atoms with van der Waals surface area (Å²) >= 11 is 7.39. The van der Waals surface area contributed by atoms with Crippen LogP contribution >= 0.6 is 31.9 Å². The zero-order valence-electron chi connectivity index (χ0n) is 15.6. The van der Waals surface area contributed by atoms with E-state index in [1.807, 2.05) is 12.1 Å². The number of halogens is 2. The van der Waals surface area contributed by atoms with Crippen LogP contribution < -0.4 is 10.1 Å². The fourth-order valence-electron chi connectivity index (χ4n) is 2.93. The topological polar surface area (TPSA) is 21.3 Å². The number of nitrogens with one attached hydrogen (secondary N) is 1. The molecule has 0 atom stereocenters. The van der Waals surface area contributed by atoms with Crippen LogP contribution in [0.2, 0.25) is 0 Å². The third-order valence-electron chi connectivity index (χ3n) is 4.37. The first-order valence-corrected chi connectivity index (χ1v) is 11.2. The molecule has 0 saturated carbocycles. The van der Waals surface area contributed by atoms with Gasteiger partial charge in [-0.05, 0) is 59.6 Å². The third kappa shape index (κ3) is 7.05. The van der Waals surface area contributed by atoms with E-state index in [2.05, 4.69) is 74.4 Å². The molecule has 0 fully saturated rings. The summed E-state index contributed by atoms with van der Waals surface area (Å²) in [6, 6.07) is 14.5. The summed E-state index contributed by atoms with van der Waals surface area (Å²) in [6.45, 7) is 5.16. The Morgan fingerprint density at radius 3 is 2.27 bits per heavy atom. The summed E-state index contributed by atoms with van der Waals surface area (Å²) < 4.78 is 8.12. The van der Waals surface area contributed by atoms with Gasteiger partial charge < -0.3 is 10.1 Å². The maximum atomic E-state index is 6.04. The molecule has 0 aliphatic rings. The number of unbranched alkanes of at least 4 members (excludes halogenated alkanes) is 5. The molecule has 2 aromatic rings. The highest BCUT2D eigenvalue weighted by molar-refractivity contribution is 9.11. The molecule has 0 spiro atoms. The van der Waals surface area contributed by atoms with Gasteiger partial charge in [0.25, 0.3) is 0 Å². The van der Waals surface area contributed by atoms with Gasteiger partial charge in [0.2, 0.25) is 0 Å². The Morgan fingerprint density at radius 1 is 0.846 bits per heavy atom. The van der Waals surface area contributed by atoms with E-state index in [9.17, 15) is 0 Å². The van der Waals surface area contributed by atoms with Gasteiger partial charge in [-0.2, -0.15) is 0 Å². The van der Waals surface area contributed by atoms with Gasteiger partial charge in [-0.25, -0.2) is 0 Å². The lowest BCUT2D eigenvalue weighted by Gasteiger charge is -2.13. The van der Waals surface area contributed by atoms with Gasteiger partial charge in [0.1, 0.15) is 5.75 Å². The highest BCUT2D eigenvalue weighted by Gasteiger charge is 2.12. The van der Waals surface area contributed by atoms with Crippen LogP contribution in [0.1, 0.15) is 45.4 Å². The predicted octanol–water partition coefficient (Wildman–Crippen LogP) is 7.21. The molecular formula is C22H29Br2NO. The highest BCUT2D eigenvalue weighted by Crippen LogP contribution is 2.40. The smallest absolute Gasteiger partial charge is 0.134 e. The van der Waals surface area contributed by atoms with Crippen LogP contribution in [0.3, 0.4) is 0 Å². The van der Waals surface area contributed by atoms with Gasteiger partial charge in [0.15, 0.2) is 0 Å². The van der Waals surface area contributed by atoms with Gasteiger partial charge in [-0.1, -0.05) is 78.9 Å². The van der Waals surface area contributed by atoms with E-state index in [4.69, 9.17) is 4.74 Å². The Hall–Kier alpha value is -0.840. The van der Waals surface area contributed by atoms with Gasteiger partial charge in [0, 0.05) is 10.0 Å². The summed E-state index contributed by atoms with van der Waals surface area (Å²) in [4.78, 5) is 0. The Bertz CT molecular complexity index is 646. The van der Waals surface area contributed by atoms with Crippen LogP contribution in [0.4, 0.5) is 0 Å². The molecule has 0 amide bonds. The molecule has 0 unspecified atom stereocenters. The van der Waals surface area contributed by atoms with Crippen molar-refractivity contribution >= 4 is 31.9 Å². The summed E-state index contributed by atoms with van der Waals surface area (Å²) in [5, 5.41) is 3.38. The fraction of sp³-hybridized carbons (Fsp3) is 0.455. The molecule has 1 N–H and O–H groups in total. The van der Waals surface area contributed by atoms with Crippen molar-refractivity contribution in [2.45, 2.75) is 45.4 Å². The van der Waals surface area contributed by atoms with Crippen LogP contribution in [0.15, 0.2) is 51.4 Å². The molecular weight excluding hydrogens is 454 g/mol. The average molecular weight is 483 g/mol. The average Bonchev–Trinajstić information content (AvgIpc) is 2.66. The van der Waals surface area contributed by atoms with E-state index >= 15 is 0 Å². The lowest BCUT2D eigenvalue weighted by Crippen LogP contribution is -2.13. The Kier molecular flexibility index (Phi) is 10.3. The van der Waals surface area contributed by atoms with E-state index in [0.29, 0.717) is 0 Å².